The molecule has 0 amide bonds. The van der Waals surface area contributed by atoms with Crippen molar-refractivity contribution in [3.8, 4) is 5.75 Å². The fourth-order valence-corrected chi connectivity index (χ4v) is 3.42. The van der Waals surface area contributed by atoms with Gasteiger partial charge in [-0.05, 0) is 54.6 Å². The number of carbonyl (C=O) groups excluding carboxylic acids is 1. The van der Waals surface area contributed by atoms with Crippen LogP contribution in [0.3, 0.4) is 0 Å². The van der Waals surface area contributed by atoms with Gasteiger partial charge >= 0.3 is 5.69 Å². The number of ether oxygens (including phenoxy) is 1. The first kappa shape index (κ1) is 19.7. The minimum atomic E-state index is -0.618. The van der Waals surface area contributed by atoms with Gasteiger partial charge in [-0.1, -0.05) is 11.6 Å². The Morgan fingerprint density at radius 2 is 1.83 bits per heavy atom. The molecule has 30 heavy (non-hydrogen) atoms. The van der Waals surface area contributed by atoms with Crippen LogP contribution in [0.2, 0.25) is 5.02 Å². The SMILES string of the molecule is COc1ccc(C(=O)Cn2c(=O)n(Cc3ccco3)c(=O)c3ccc(Cl)cc32)cc1. The third-order valence-corrected chi connectivity index (χ3v) is 5.03. The van der Waals surface area contributed by atoms with Crippen LogP contribution in [0.5, 0.6) is 5.75 Å². The molecule has 7 nitrogen and oxygen atoms in total. The average Bonchev–Trinajstić information content (AvgIpc) is 3.27. The van der Waals surface area contributed by atoms with Crippen molar-refractivity contribution in [1.82, 2.24) is 9.13 Å². The molecule has 2 aromatic carbocycles. The van der Waals surface area contributed by atoms with E-state index in [2.05, 4.69) is 0 Å². The lowest BCUT2D eigenvalue weighted by atomic mass is 10.1. The summed E-state index contributed by atoms with van der Waals surface area (Å²) in [6, 6.07) is 14.6. The molecule has 0 aliphatic rings. The van der Waals surface area contributed by atoms with Crippen molar-refractivity contribution in [2.24, 2.45) is 0 Å². The number of nitrogens with zero attached hydrogens (tertiary/aromatic N) is 2. The van der Waals surface area contributed by atoms with E-state index in [1.807, 2.05) is 0 Å². The Morgan fingerprint density at radius 1 is 1.07 bits per heavy atom. The molecular weight excluding hydrogens is 408 g/mol. The molecule has 0 fully saturated rings. The number of halogens is 1. The number of fused-ring (bicyclic) bond motifs is 1. The van der Waals surface area contributed by atoms with E-state index in [0.717, 1.165) is 4.57 Å². The Morgan fingerprint density at radius 3 is 2.50 bits per heavy atom. The zero-order valence-corrected chi connectivity index (χ0v) is 16.8. The number of carbonyl (C=O) groups is 1. The van der Waals surface area contributed by atoms with Crippen molar-refractivity contribution in [2.75, 3.05) is 7.11 Å². The number of furan rings is 1. The van der Waals surface area contributed by atoms with Gasteiger partial charge in [0.1, 0.15) is 11.5 Å². The second-order valence-electron chi connectivity index (χ2n) is 6.65. The minimum Gasteiger partial charge on any atom is -0.497 e. The molecule has 0 aliphatic heterocycles. The molecule has 0 spiro atoms. The highest BCUT2D eigenvalue weighted by Gasteiger charge is 2.17. The number of benzene rings is 2. The molecule has 0 atom stereocenters. The zero-order chi connectivity index (χ0) is 21.3. The molecule has 0 aliphatic carbocycles. The van der Waals surface area contributed by atoms with Crippen molar-refractivity contribution in [3.05, 3.63) is 98.0 Å². The molecule has 8 heteroatoms. The second-order valence-corrected chi connectivity index (χ2v) is 7.09. The summed E-state index contributed by atoms with van der Waals surface area (Å²) in [5.74, 6) is 0.785. The molecule has 0 bridgehead atoms. The highest BCUT2D eigenvalue weighted by molar-refractivity contribution is 6.31. The lowest BCUT2D eigenvalue weighted by molar-refractivity contribution is 0.0971. The summed E-state index contributed by atoms with van der Waals surface area (Å²) in [6.45, 7) is -0.291. The van der Waals surface area contributed by atoms with Crippen LogP contribution in [0.25, 0.3) is 10.9 Å². The van der Waals surface area contributed by atoms with Gasteiger partial charge in [0.15, 0.2) is 5.78 Å². The maximum absolute atomic E-state index is 13.2. The Bertz CT molecular complexity index is 1340. The first-order valence-electron chi connectivity index (χ1n) is 9.10. The molecule has 4 aromatic rings. The van der Waals surface area contributed by atoms with E-state index < -0.39 is 11.2 Å². The number of aromatic nitrogens is 2. The molecule has 4 rings (SSSR count). The number of ketones is 1. The van der Waals surface area contributed by atoms with E-state index in [1.54, 1.807) is 48.5 Å². The van der Waals surface area contributed by atoms with Gasteiger partial charge in [0.2, 0.25) is 0 Å². The van der Waals surface area contributed by atoms with Crippen LogP contribution in [0.4, 0.5) is 0 Å². The highest BCUT2D eigenvalue weighted by atomic mass is 35.5. The summed E-state index contributed by atoms with van der Waals surface area (Å²) in [5.41, 5.74) is -0.374. The fraction of sp³-hybridized carbons (Fsp3) is 0.136. The van der Waals surface area contributed by atoms with E-state index in [-0.39, 0.29) is 24.3 Å². The van der Waals surface area contributed by atoms with E-state index in [0.29, 0.717) is 27.6 Å². The van der Waals surface area contributed by atoms with E-state index in [1.165, 1.54) is 24.0 Å². The molecule has 2 heterocycles. The van der Waals surface area contributed by atoms with Gasteiger partial charge in [-0.3, -0.25) is 18.7 Å². The zero-order valence-electron chi connectivity index (χ0n) is 16.0. The fourth-order valence-electron chi connectivity index (χ4n) is 3.25. The number of hydrogen-bond acceptors (Lipinski definition) is 5. The van der Waals surface area contributed by atoms with Gasteiger partial charge < -0.3 is 9.15 Å². The maximum atomic E-state index is 13.2. The smallest absolute Gasteiger partial charge is 0.332 e. The normalized spacial score (nSPS) is 11.0. The standard InChI is InChI=1S/C22H17ClN2O5/c1-29-16-7-4-14(5-8-16)20(26)13-24-19-11-15(23)6-9-18(19)21(27)25(22(24)28)12-17-3-2-10-30-17/h2-11H,12-13H2,1H3. The van der Waals surface area contributed by atoms with Gasteiger partial charge in [0.25, 0.3) is 5.56 Å². The summed E-state index contributed by atoms with van der Waals surface area (Å²) in [7, 11) is 1.54. The van der Waals surface area contributed by atoms with Crippen LogP contribution in [-0.2, 0) is 13.1 Å². The average molecular weight is 425 g/mol. The third-order valence-electron chi connectivity index (χ3n) is 4.80. The first-order valence-corrected chi connectivity index (χ1v) is 9.48. The largest absolute Gasteiger partial charge is 0.497 e. The van der Waals surface area contributed by atoms with E-state index in [9.17, 15) is 14.4 Å². The number of Topliss-reactive ketones (excluding diaryl/α,β-unsaturated/α-hetero) is 1. The van der Waals surface area contributed by atoms with Crippen molar-refractivity contribution in [1.29, 1.82) is 0 Å². The highest BCUT2D eigenvalue weighted by Crippen LogP contribution is 2.17. The van der Waals surface area contributed by atoms with Gasteiger partial charge in [-0.25, -0.2) is 4.79 Å². The molecule has 0 unspecified atom stereocenters. The van der Waals surface area contributed by atoms with Gasteiger partial charge in [-0.15, -0.1) is 0 Å². The van der Waals surface area contributed by atoms with Crippen molar-refractivity contribution >= 4 is 28.3 Å². The van der Waals surface area contributed by atoms with Crippen LogP contribution in [-0.4, -0.2) is 22.0 Å². The lowest BCUT2D eigenvalue weighted by Gasteiger charge is -2.13. The third kappa shape index (κ3) is 3.67. The molecular formula is C22H17ClN2O5. The van der Waals surface area contributed by atoms with Crippen LogP contribution in [0.15, 0.2) is 74.9 Å². The molecule has 0 N–H and O–H groups in total. The second kappa shape index (κ2) is 8.04. The number of hydrogen-bond donors (Lipinski definition) is 0. The van der Waals surface area contributed by atoms with Crippen molar-refractivity contribution in [3.63, 3.8) is 0 Å². The summed E-state index contributed by atoms with van der Waals surface area (Å²) in [6.07, 6.45) is 1.47. The van der Waals surface area contributed by atoms with Crippen LogP contribution in [0, 0.1) is 0 Å². The Balaban J connectivity index is 1.84. The van der Waals surface area contributed by atoms with E-state index in [4.69, 9.17) is 20.8 Å². The first-order chi connectivity index (χ1) is 14.5. The predicted octanol–water partition coefficient (Wildman–Crippen LogP) is 3.35. The summed E-state index contributed by atoms with van der Waals surface area (Å²) in [5, 5.41) is 0.642. The van der Waals surface area contributed by atoms with Gasteiger partial charge in [0, 0.05) is 10.6 Å². The monoisotopic (exact) mass is 424 g/mol. The topological polar surface area (TPSA) is 83.4 Å². The van der Waals surface area contributed by atoms with Crippen LogP contribution < -0.4 is 16.0 Å². The predicted molar refractivity (Wildman–Crippen MR) is 113 cm³/mol. The van der Waals surface area contributed by atoms with Gasteiger partial charge in [-0.2, -0.15) is 0 Å². The van der Waals surface area contributed by atoms with Crippen molar-refractivity contribution in [2.45, 2.75) is 13.1 Å². The van der Waals surface area contributed by atoms with Gasteiger partial charge in [0.05, 0.1) is 37.4 Å². The van der Waals surface area contributed by atoms with Crippen molar-refractivity contribution < 1.29 is 13.9 Å². The number of rotatable bonds is 6. The summed E-state index contributed by atoms with van der Waals surface area (Å²) in [4.78, 5) is 39.0. The maximum Gasteiger partial charge on any atom is 0.332 e. The summed E-state index contributed by atoms with van der Waals surface area (Å²) < 4.78 is 12.7. The molecule has 152 valence electrons. The lowest BCUT2D eigenvalue weighted by Crippen LogP contribution is -2.41. The Hall–Kier alpha value is -3.58. The minimum absolute atomic E-state index is 0.0417. The summed E-state index contributed by atoms with van der Waals surface area (Å²) >= 11 is 6.10. The molecule has 0 saturated carbocycles. The number of methoxy groups -OCH3 is 1. The van der Waals surface area contributed by atoms with Crippen LogP contribution >= 0.6 is 11.6 Å². The Labute approximate surface area is 175 Å². The molecule has 0 saturated heterocycles. The quantitative estimate of drug-likeness (QED) is 0.443. The molecule has 2 aromatic heterocycles. The Kier molecular flexibility index (Phi) is 5.29. The van der Waals surface area contributed by atoms with E-state index >= 15 is 0 Å². The molecule has 0 radical (unpaired) electrons. The van der Waals surface area contributed by atoms with Crippen LogP contribution in [0.1, 0.15) is 16.1 Å².